The van der Waals surface area contributed by atoms with E-state index in [-0.39, 0.29) is 39.8 Å². The average Bonchev–Trinajstić information content (AvgIpc) is 3.97. The first-order valence-electron chi connectivity index (χ1n) is 23.5. The van der Waals surface area contributed by atoms with Crippen LogP contribution in [0.15, 0.2) is 83.9 Å². The molecule has 2 saturated carbocycles. The minimum absolute atomic E-state index is 0.0284. The smallest absolute Gasteiger partial charge is 0.293 e. The first-order chi connectivity index (χ1) is 32.0. The van der Waals surface area contributed by atoms with Crippen molar-refractivity contribution in [2.75, 3.05) is 42.9 Å². The Morgan fingerprint density at radius 2 is 1.73 bits per heavy atom. The number of nitro groups is 1. The number of H-pyrrole nitrogens is 1. The molecule has 2 saturated heterocycles. The number of hydrogen-bond donors (Lipinski definition) is 5. The largest absolute Gasteiger partial charge is 0.454 e. The molecule has 4 heterocycles. The summed E-state index contributed by atoms with van der Waals surface area (Å²) in [6.07, 6.45) is 9.99. The molecule has 6 N–H and O–H groups in total. The Balaban J connectivity index is 0.929. The number of anilines is 2. The lowest BCUT2D eigenvalue weighted by Gasteiger charge is -2.57. The number of sulfonamides is 1. The highest BCUT2D eigenvalue weighted by Gasteiger charge is 2.49. The van der Waals surface area contributed by atoms with Gasteiger partial charge in [-0.15, -0.1) is 0 Å². The quantitative estimate of drug-likeness (QED) is 0.0525. The normalized spacial score (nSPS) is 23.0. The molecule has 0 radical (unpaired) electrons. The van der Waals surface area contributed by atoms with Crippen molar-refractivity contribution in [2.45, 2.75) is 107 Å². The van der Waals surface area contributed by atoms with Crippen LogP contribution in [0, 0.1) is 21.4 Å². The Bertz CT molecular complexity index is 2800. The second kappa shape index (κ2) is 18.2. The summed E-state index contributed by atoms with van der Waals surface area (Å²) in [6, 6.07) is 21.1. The Morgan fingerprint density at radius 3 is 2.45 bits per heavy atom. The number of carbonyl (C=O) groups excluding carboxylic acids is 2. The first kappa shape index (κ1) is 46.1. The van der Waals surface area contributed by atoms with Crippen molar-refractivity contribution < 1.29 is 32.8 Å². The number of nitrogens with zero attached hydrogens (tertiary/aromatic N) is 4. The van der Waals surface area contributed by atoms with Crippen LogP contribution in [0.25, 0.3) is 11.0 Å². The second-order valence-electron chi connectivity index (χ2n) is 19.9. The molecule has 5 aromatic rings. The number of nitro benzene ring substituents is 1. The number of nitrogens with two attached hydrogens (primary N) is 1. The molecule has 16 nitrogen and oxygen atoms in total. The Labute approximate surface area is 390 Å². The summed E-state index contributed by atoms with van der Waals surface area (Å²) in [6.45, 7) is 10.4. The number of nitrogens with one attached hydrogen (secondary N) is 3. The van der Waals surface area contributed by atoms with Gasteiger partial charge in [0.25, 0.3) is 27.5 Å². The molecule has 2 aromatic heterocycles. The molecule has 0 unspecified atom stereocenters. The number of pyridine rings is 1. The van der Waals surface area contributed by atoms with Crippen molar-refractivity contribution in [2.24, 2.45) is 17.1 Å². The van der Waals surface area contributed by atoms with Crippen LogP contribution >= 0.6 is 0 Å². The molecule has 4 fully saturated rings. The molecule has 9 rings (SSSR count). The van der Waals surface area contributed by atoms with E-state index in [0.29, 0.717) is 48.3 Å². The number of likely N-dealkylation sites (tertiary alicyclic amines) is 1. The summed E-state index contributed by atoms with van der Waals surface area (Å²) in [4.78, 5) is 50.1. The molecule has 1 spiro atoms. The van der Waals surface area contributed by atoms with E-state index in [4.69, 9.17) is 10.5 Å². The lowest BCUT2D eigenvalue weighted by atomic mass is 9.70. The number of benzene rings is 3. The number of primary amides is 1. The highest BCUT2D eigenvalue weighted by atomic mass is 32.2. The summed E-state index contributed by atoms with van der Waals surface area (Å²) in [5, 5.41) is 26.2. The number of hydrogen-bond acceptors (Lipinski definition) is 12. The highest BCUT2D eigenvalue weighted by Crippen LogP contribution is 2.49. The van der Waals surface area contributed by atoms with Crippen LogP contribution in [0.5, 0.6) is 11.5 Å². The molecule has 2 aliphatic carbocycles. The summed E-state index contributed by atoms with van der Waals surface area (Å²) in [7, 11) is -4.66. The van der Waals surface area contributed by atoms with Crippen molar-refractivity contribution in [1.29, 1.82) is 0 Å². The Kier molecular flexibility index (Phi) is 12.5. The third-order valence-corrected chi connectivity index (χ3v) is 16.2. The lowest BCUT2D eigenvalue weighted by Crippen LogP contribution is -2.63. The Morgan fingerprint density at radius 1 is 0.985 bits per heavy atom. The van der Waals surface area contributed by atoms with Crippen LogP contribution in [0.1, 0.15) is 122 Å². The van der Waals surface area contributed by atoms with Crippen molar-refractivity contribution in [3.05, 3.63) is 111 Å². The van der Waals surface area contributed by atoms with E-state index in [9.17, 15) is 33.2 Å². The predicted molar refractivity (Wildman–Crippen MR) is 256 cm³/mol. The third kappa shape index (κ3) is 9.59. The van der Waals surface area contributed by atoms with Crippen LogP contribution in [-0.2, 0) is 10.0 Å². The van der Waals surface area contributed by atoms with Gasteiger partial charge in [0.2, 0.25) is 0 Å². The number of aliphatic hydroxyl groups is 1. The summed E-state index contributed by atoms with van der Waals surface area (Å²) in [5.74, 6) is -0.785. The number of aromatic amines is 1. The molecule has 2 amide bonds. The number of amides is 2. The molecule has 17 heteroatoms. The van der Waals surface area contributed by atoms with Gasteiger partial charge in [-0.05, 0) is 129 Å². The number of ether oxygens (including phenoxy) is 1. The van der Waals surface area contributed by atoms with Gasteiger partial charge in [0.1, 0.15) is 17.1 Å². The van der Waals surface area contributed by atoms with Crippen LogP contribution in [0.2, 0.25) is 0 Å². The minimum atomic E-state index is -4.66. The number of carbonyl (C=O) groups is 2. The van der Waals surface area contributed by atoms with Gasteiger partial charge in [-0.1, -0.05) is 44.5 Å². The number of fused-ring (bicyclic) bond motifs is 1. The molecular formula is C50H60N8O8S. The lowest BCUT2D eigenvalue weighted by molar-refractivity contribution is -0.384. The molecule has 67 heavy (non-hydrogen) atoms. The number of rotatable bonds is 14. The maximum atomic E-state index is 14.1. The van der Waals surface area contributed by atoms with Crippen LogP contribution in [0.4, 0.5) is 17.1 Å². The average molecular weight is 933 g/mol. The standard InChI is InChI=1S/C50H60N8O8S/c1-31(2)36-7-4-5-8-37(36)38-9-6-10-41(38)57-29-50(30-57)20-23-56(24-21-50)34-11-13-39(43(26-34)66-44-25-33-17-22-52-47(33)54-45(44)46(51)59)48(60)55-67(64,65)35-12-14-40(42(27-35)58(62)63)53-28-32-15-18-49(3,61)19-16-32/h4-5,7-8,11-14,17,22,25-27,31-32,38,41,53,61H,6,9-10,15-16,18-21,23-24,28-30H2,1-3H3,(H2,51,59)(H,52,54)(H,55,60)/t32?,38-,41-,49?/m1/s1. The fourth-order valence-corrected chi connectivity index (χ4v) is 12.0. The van der Waals surface area contributed by atoms with Gasteiger partial charge in [0.15, 0.2) is 11.4 Å². The van der Waals surface area contributed by atoms with E-state index < -0.39 is 42.9 Å². The van der Waals surface area contributed by atoms with Gasteiger partial charge in [0, 0.05) is 68.2 Å². The van der Waals surface area contributed by atoms with E-state index in [0.717, 1.165) is 63.6 Å². The monoisotopic (exact) mass is 932 g/mol. The van der Waals surface area contributed by atoms with Gasteiger partial charge in [0.05, 0.1) is 21.0 Å². The molecule has 2 atom stereocenters. The van der Waals surface area contributed by atoms with E-state index in [2.05, 4.69) is 67.9 Å². The third-order valence-electron chi connectivity index (χ3n) is 14.9. The minimum Gasteiger partial charge on any atom is -0.454 e. The zero-order valence-electron chi connectivity index (χ0n) is 38.3. The zero-order chi connectivity index (χ0) is 47.3. The summed E-state index contributed by atoms with van der Waals surface area (Å²) < 4.78 is 36.1. The van der Waals surface area contributed by atoms with Crippen LogP contribution in [-0.4, -0.2) is 89.5 Å². The molecule has 0 bridgehead atoms. The molecule has 3 aromatic carbocycles. The fraction of sp³-hybridized carbons (Fsp3) is 0.460. The van der Waals surface area contributed by atoms with Gasteiger partial charge < -0.3 is 30.8 Å². The molecule has 4 aliphatic rings. The summed E-state index contributed by atoms with van der Waals surface area (Å²) >= 11 is 0. The van der Waals surface area contributed by atoms with Gasteiger partial charge in [-0.2, -0.15) is 0 Å². The molecule has 2 aliphatic heterocycles. The SMILES string of the molecule is CC(C)c1ccccc1[C@H]1CCC[C@H]1N1CC2(CCN(c3ccc(C(=O)NS(=O)(=O)c4ccc(NCC5CCC(C)(O)CC5)c([N+](=O)[O-])c4)c(Oc4cc5cc[nH]c5nc4C(N)=O)c3)CC2)C1. The van der Waals surface area contributed by atoms with E-state index in [1.165, 1.54) is 48.6 Å². The molecule has 354 valence electrons. The van der Waals surface area contributed by atoms with Crippen molar-refractivity contribution in [3.8, 4) is 11.5 Å². The second-order valence-corrected chi connectivity index (χ2v) is 21.6. The van der Waals surface area contributed by atoms with Crippen LogP contribution < -0.4 is 25.4 Å². The summed E-state index contributed by atoms with van der Waals surface area (Å²) in [5.41, 5.74) is 8.66. The van der Waals surface area contributed by atoms with Crippen LogP contribution in [0.3, 0.4) is 0 Å². The van der Waals surface area contributed by atoms with Crippen molar-refractivity contribution >= 4 is 49.9 Å². The number of aromatic nitrogens is 2. The topological polar surface area (TPSA) is 226 Å². The number of piperidine rings is 1. The zero-order valence-corrected chi connectivity index (χ0v) is 39.1. The predicted octanol–water partition coefficient (Wildman–Crippen LogP) is 8.20. The van der Waals surface area contributed by atoms with E-state index >= 15 is 0 Å². The molecular weight excluding hydrogens is 873 g/mol. The van der Waals surface area contributed by atoms with E-state index in [1.807, 2.05) is 0 Å². The van der Waals surface area contributed by atoms with Gasteiger partial charge in [-0.3, -0.25) is 24.6 Å². The maximum absolute atomic E-state index is 14.1. The fourth-order valence-electron chi connectivity index (χ4n) is 11.0. The van der Waals surface area contributed by atoms with Gasteiger partial charge >= 0.3 is 0 Å². The maximum Gasteiger partial charge on any atom is 0.293 e. The Hall–Kier alpha value is -6.04. The van der Waals surface area contributed by atoms with Crippen molar-refractivity contribution in [3.63, 3.8) is 0 Å². The van der Waals surface area contributed by atoms with Crippen molar-refractivity contribution in [1.82, 2.24) is 19.6 Å². The highest BCUT2D eigenvalue weighted by molar-refractivity contribution is 7.90. The van der Waals surface area contributed by atoms with Gasteiger partial charge in [-0.25, -0.2) is 18.1 Å². The first-order valence-corrected chi connectivity index (χ1v) is 25.0. The van der Waals surface area contributed by atoms with E-state index in [1.54, 1.807) is 37.4 Å².